The van der Waals surface area contributed by atoms with E-state index in [4.69, 9.17) is 14.2 Å². The largest absolute Gasteiger partial charge is 0.371 e. The highest BCUT2D eigenvalue weighted by atomic mass is 16.8. The Morgan fingerprint density at radius 3 is 2.79 bits per heavy atom. The molecule has 3 aromatic rings. The van der Waals surface area contributed by atoms with E-state index in [1.54, 1.807) is 20.0 Å². The van der Waals surface area contributed by atoms with Crippen molar-refractivity contribution >= 4 is 16.7 Å². The summed E-state index contributed by atoms with van der Waals surface area (Å²) in [5, 5.41) is 4.59. The summed E-state index contributed by atoms with van der Waals surface area (Å²) in [6.07, 6.45) is 1.50. The van der Waals surface area contributed by atoms with E-state index < -0.39 is 41.4 Å². The number of pyridine rings is 1. The van der Waals surface area contributed by atoms with Gasteiger partial charge in [0.1, 0.15) is 24.0 Å². The van der Waals surface area contributed by atoms with E-state index in [0.29, 0.717) is 5.69 Å². The Bertz CT molecular complexity index is 1310. The maximum Gasteiger partial charge on any atom is 0.328 e. The van der Waals surface area contributed by atoms with Gasteiger partial charge in [0, 0.05) is 30.4 Å². The second kappa shape index (κ2) is 8.22. The number of rotatable bonds is 4. The Labute approximate surface area is 188 Å². The van der Waals surface area contributed by atoms with E-state index in [2.05, 4.69) is 15.3 Å². The van der Waals surface area contributed by atoms with Gasteiger partial charge in [0.25, 0.3) is 11.5 Å². The van der Waals surface area contributed by atoms with Crippen molar-refractivity contribution in [2.45, 2.75) is 44.0 Å². The molecule has 4 heterocycles. The minimum atomic E-state index is -0.896. The third kappa shape index (κ3) is 4.08. The van der Waals surface area contributed by atoms with Gasteiger partial charge < -0.3 is 19.5 Å². The molecule has 2 saturated heterocycles. The van der Waals surface area contributed by atoms with Gasteiger partial charge in [0.2, 0.25) is 0 Å². The molecule has 33 heavy (non-hydrogen) atoms. The lowest BCUT2D eigenvalue weighted by Gasteiger charge is -2.37. The Morgan fingerprint density at radius 1 is 1.18 bits per heavy atom. The number of fused-ring (bicyclic) bond motifs is 2. The van der Waals surface area contributed by atoms with Crippen LogP contribution in [0.1, 0.15) is 30.4 Å². The molecule has 1 aromatic carbocycles. The second-order valence-electron chi connectivity index (χ2n) is 8.61. The Hall–Kier alpha value is -3.34. The average Bonchev–Trinajstić information content (AvgIpc) is 3.12. The van der Waals surface area contributed by atoms with Crippen molar-refractivity contribution in [2.24, 2.45) is 0 Å². The maximum atomic E-state index is 12.9. The molecule has 0 saturated carbocycles. The number of H-pyrrole nitrogens is 1. The number of carbonyl (C=O) groups excluding carboxylic acids is 1. The van der Waals surface area contributed by atoms with E-state index in [0.717, 1.165) is 10.8 Å². The summed E-state index contributed by atoms with van der Waals surface area (Å²) in [5.74, 6) is -1.21. The van der Waals surface area contributed by atoms with Crippen LogP contribution in [0.2, 0.25) is 0 Å². The molecule has 10 heteroatoms. The SMILES string of the molecule is CC1(C)O[C@@H]2[C@H](O1)[C@@H](CNC(=O)c1nccc3ccccc13)OC[C@H]2n1ccc(=O)[nH]c1=O. The van der Waals surface area contributed by atoms with Gasteiger partial charge in [-0.1, -0.05) is 24.3 Å². The minimum Gasteiger partial charge on any atom is -0.371 e. The predicted octanol–water partition coefficient (Wildman–Crippen LogP) is 0.975. The number of aromatic amines is 1. The van der Waals surface area contributed by atoms with Gasteiger partial charge in [0.05, 0.1) is 12.6 Å². The molecule has 172 valence electrons. The third-order valence-electron chi connectivity index (χ3n) is 5.95. The van der Waals surface area contributed by atoms with Crippen molar-refractivity contribution in [1.29, 1.82) is 0 Å². The van der Waals surface area contributed by atoms with Crippen LogP contribution in [-0.4, -0.2) is 57.7 Å². The van der Waals surface area contributed by atoms with Gasteiger partial charge >= 0.3 is 5.69 Å². The van der Waals surface area contributed by atoms with Crippen molar-refractivity contribution in [1.82, 2.24) is 19.9 Å². The first kappa shape index (κ1) is 21.5. The number of benzene rings is 1. The Kier molecular flexibility index (Phi) is 5.35. The lowest BCUT2D eigenvalue weighted by molar-refractivity contribution is -0.153. The lowest BCUT2D eigenvalue weighted by atomic mass is 9.97. The molecule has 2 N–H and O–H groups in total. The van der Waals surface area contributed by atoms with Crippen LogP contribution in [0.4, 0.5) is 0 Å². The Balaban J connectivity index is 1.35. The standard InChI is InChI=1S/C23H24N4O6/c1-23(2)32-19-15(27-10-8-17(28)26-22(27)30)12-31-16(20(19)33-23)11-25-21(29)18-14-6-4-3-5-13(14)7-9-24-18/h3-10,15-16,19-20H,11-12H2,1-2H3,(H,25,29)(H,26,28,30)/t15-,16-,19+,20-/m1/s1. The molecule has 2 aromatic heterocycles. The summed E-state index contributed by atoms with van der Waals surface area (Å²) in [4.78, 5) is 43.2. The number of carbonyl (C=O) groups is 1. The number of amides is 1. The number of hydrogen-bond donors (Lipinski definition) is 2. The Morgan fingerprint density at radius 2 is 1.97 bits per heavy atom. The molecular weight excluding hydrogens is 428 g/mol. The van der Waals surface area contributed by atoms with Gasteiger partial charge in [0.15, 0.2) is 5.79 Å². The van der Waals surface area contributed by atoms with Gasteiger partial charge in [-0.3, -0.25) is 24.1 Å². The van der Waals surface area contributed by atoms with E-state index in [9.17, 15) is 14.4 Å². The van der Waals surface area contributed by atoms with Crippen LogP contribution in [0.5, 0.6) is 0 Å². The summed E-state index contributed by atoms with van der Waals surface area (Å²) in [5.41, 5.74) is -0.685. The molecule has 5 rings (SSSR count). The van der Waals surface area contributed by atoms with Crippen molar-refractivity contribution in [3.63, 3.8) is 0 Å². The first-order chi connectivity index (χ1) is 15.8. The van der Waals surface area contributed by atoms with Crippen LogP contribution < -0.4 is 16.6 Å². The molecule has 10 nitrogen and oxygen atoms in total. The monoisotopic (exact) mass is 452 g/mol. The predicted molar refractivity (Wildman–Crippen MR) is 118 cm³/mol. The summed E-state index contributed by atoms with van der Waals surface area (Å²) < 4.78 is 19.6. The van der Waals surface area contributed by atoms with Gasteiger partial charge in [-0.05, 0) is 25.3 Å². The molecule has 2 fully saturated rings. The molecule has 1 amide bonds. The zero-order valence-electron chi connectivity index (χ0n) is 18.2. The number of nitrogens with one attached hydrogen (secondary N) is 2. The molecule has 0 radical (unpaired) electrons. The molecule has 2 aliphatic heterocycles. The van der Waals surface area contributed by atoms with Crippen molar-refractivity contribution < 1.29 is 19.0 Å². The van der Waals surface area contributed by atoms with E-state index in [-0.39, 0.29) is 19.1 Å². The average molecular weight is 452 g/mol. The number of hydrogen-bond acceptors (Lipinski definition) is 7. The molecular formula is C23H24N4O6. The minimum absolute atomic E-state index is 0.152. The van der Waals surface area contributed by atoms with Crippen molar-refractivity contribution in [2.75, 3.05) is 13.2 Å². The van der Waals surface area contributed by atoms with Crippen LogP contribution in [0.25, 0.3) is 10.8 Å². The summed E-state index contributed by atoms with van der Waals surface area (Å²) >= 11 is 0. The molecule has 0 spiro atoms. The molecule has 0 aliphatic carbocycles. The van der Waals surface area contributed by atoms with Gasteiger partial charge in [-0.15, -0.1) is 0 Å². The zero-order valence-corrected chi connectivity index (χ0v) is 18.2. The van der Waals surface area contributed by atoms with Crippen LogP contribution in [0.15, 0.2) is 58.4 Å². The van der Waals surface area contributed by atoms with E-state index >= 15 is 0 Å². The summed E-state index contributed by atoms with van der Waals surface area (Å²) in [6.45, 7) is 3.90. The fraction of sp³-hybridized carbons (Fsp3) is 0.391. The first-order valence-corrected chi connectivity index (χ1v) is 10.7. The molecule has 2 aliphatic rings. The molecule has 0 bridgehead atoms. The normalized spacial score (nSPS) is 26.1. The second-order valence-corrected chi connectivity index (χ2v) is 8.61. The molecule has 0 unspecified atom stereocenters. The lowest BCUT2D eigenvalue weighted by Crippen LogP contribution is -2.54. The van der Waals surface area contributed by atoms with Crippen molar-refractivity contribution in [3.05, 3.63) is 75.3 Å². The van der Waals surface area contributed by atoms with E-state index in [1.165, 1.54) is 16.8 Å². The third-order valence-corrected chi connectivity index (χ3v) is 5.95. The highest BCUT2D eigenvalue weighted by molar-refractivity contribution is 6.05. The smallest absolute Gasteiger partial charge is 0.328 e. The van der Waals surface area contributed by atoms with Crippen LogP contribution in [-0.2, 0) is 14.2 Å². The van der Waals surface area contributed by atoms with Crippen LogP contribution >= 0.6 is 0 Å². The fourth-order valence-corrected chi connectivity index (χ4v) is 4.49. The number of aromatic nitrogens is 3. The fourth-order valence-electron chi connectivity index (χ4n) is 4.49. The number of nitrogens with zero attached hydrogens (tertiary/aromatic N) is 2. The van der Waals surface area contributed by atoms with Gasteiger partial charge in [-0.25, -0.2) is 4.79 Å². The van der Waals surface area contributed by atoms with Crippen LogP contribution in [0, 0.1) is 0 Å². The summed E-state index contributed by atoms with van der Waals surface area (Å²) in [6, 6.07) is 10.2. The topological polar surface area (TPSA) is 125 Å². The van der Waals surface area contributed by atoms with Gasteiger partial charge in [-0.2, -0.15) is 0 Å². The van der Waals surface area contributed by atoms with Crippen LogP contribution in [0.3, 0.4) is 0 Å². The highest BCUT2D eigenvalue weighted by Gasteiger charge is 2.52. The van der Waals surface area contributed by atoms with Crippen molar-refractivity contribution in [3.8, 4) is 0 Å². The number of ether oxygens (including phenoxy) is 3. The highest BCUT2D eigenvalue weighted by Crippen LogP contribution is 2.39. The first-order valence-electron chi connectivity index (χ1n) is 10.7. The zero-order chi connectivity index (χ0) is 23.2. The quantitative estimate of drug-likeness (QED) is 0.604. The molecule has 4 atom stereocenters. The summed E-state index contributed by atoms with van der Waals surface area (Å²) in [7, 11) is 0. The maximum absolute atomic E-state index is 12.9. The van der Waals surface area contributed by atoms with E-state index in [1.807, 2.05) is 30.3 Å².